The van der Waals surface area contributed by atoms with Crippen LogP contribution in [0.3, 0.4) is 0 Å². The summed E-state index contributed by atoms with van der Waals surface area (Å²) in [4.78, 5) is 0. The van der Waals surface area contributed by atoms with E-state index in [4.69, 9.17) is 0 Å². The van der Waals surface area contributed by atoms with Crippen LogP contribution in [0.4, 0.5) is 0 Å². The van der Waals surface area contributed by atoms with Gasteiger partial charge in [0.15, 0.2) is 10.8 Å². The number of hydrogen-bond acceptors (Lipinski definition) is 4. The third-order valence-corrected chi connectivity index (χ3v) is 3.91. The predicted molar refractivity (Wildman–Crippen MR) is 76.1 cm³/mol. The Labute approximate surface area is 112 Å². The number of thioether (sulfide) groups is 1. The van der Waals surface area contributed by atoms with Gasteiger partial charge in [-0.05, 0) is 32.0 Å². The summed E-state index contributed by atoms with van der Waals surface area (Å²) in [5.74, 6) is 0. The normalized spacial score (nSPS) is 14.8. The Morgan fingerprint density at radius 2 is 2.17 bits per heavy atom. The standard InChI is InChI=1S/C13H20N4S/c1-4-14-10(2)9-11(3)18-13-16-15-12-7-5-6-8-17(12)13/h5-8,10-11,14H,4,9H2,1-3H3. The summed E-state index contributed by atoms with van der Waals surface area (Å²) >= 11 is 1.78. The molecule has 0 saturated carbocycles. The lowest BCUT2D eigenvalue weighted by Crippen LogP contribution is -2.28. The summed E-state index contributed by atoms with van der Waals surface area (Å²) in [5, 5.41) is 13.3. The van der Waals surface area contributed by atoms with Gasteiger partial charge in [0.05, 0.1) is 0 Å². The molecule has 2 unspecified atom stereocenters. The molecule has 0 aliphatic heterocycles. The zero-order valence-corrected chi connectivity index (χ0v) is 11.9. The van der Waals surface area contributed by atoms with E-state index in [0.29, 0.717) is 11.3 Å². The Kier molecular flexibility index (Phi) is 4.60. The summed E-state index contributed by atoms with van der Waals surface area (Å²) < 4.78 is 2.04. The molecule has 0 spiro atoms. The van der Waals surface area contributed by atoms with E-state index in [2.05, 4.69) is 36.3 Å². The topological polar surface area (TPSA) is 42.2 Å². The van der Waals surface area contributed by atoms with Crippen molar-refractivity contribution >= 4 is 17.4 Å². The fraction of sp³-hybridized carbons (Fsp3) is 0.538. The van der Waals surface area contributed by atoms with Gasteiger partial charge in [0, 0.05) is 17.5 Å². The van der Waals surface area contributed by atoms with Crippen LogP contribution in [0.15, 0.2) is 29.6 Å². The fourth-order valence-electron chi connectivity index (χ4n) is 2.06. The summed E-state index contributed by atoms with van der Waals surface area (Å²) in [5.41, 5.74) is 0.909. The number of fused-ring (bicyclic) bond motifs is 1. The first-order chi connectivity index (χ1) is 8.70. The molecule has 98 valence electrons. The second-order valence-electron chi connectivity index (χ2n) is 4.53. The van der Waals surface area contributed by atoms with Crippen molar-refractivity contribution in [3.05, 3.63) is 24.4 Å². The molecule has 0 bridgehead atoms. The molecule has 2 rings (SSSR count). The Morgan fingerprint density at radius 1 is 1.33 bits per heavy atom. The second kappa shape index (κ2) is 6.20. The highest BCUT2D eigenvalue weighted by Gasteiger charge is 2.13. The molecule has 0 aromatic carbocycles. The molecule has 2 aromatic rings. The van der Waals surface area contributed by atoms with E-state index in [1.54, 1.807) is 11.8 Å². The van der Waals surface area contributed by atoms with Gasteiger partial charge in [0.2, 0.25) is 0 Å². The van der Waals surface area contributed by atoms with Crippen molar-refractivity contribution in [3.8, 4) is 0 Å². The van der Waals surface area contributed by atoms with Gasteiger partial charge in [0.25, 0.3) is 0 Å². The van der Waals surface area contributed by atoms with Gasteiger partial charge in [0.1, 0.15) is 0 Å². The number of pyridine rings is 1. The van der Waals surface area contributed by atoms with Crippen molar-refractivity contribution in [3.63, 3.8) is 0 Å². The third kappa shape index (κ3) is 3.23. The van der Waals surface area contributed by atoms with Crippen LogP contribution in [0.1, 0.15) is 27.2 Å². The van der Waals surface area contributed by atoms with Crippen LogP contribution >= 0.6 is 11.8 Å². The van der Waals surface area contributed by atoms with Crippen molar-refractivity contribution < 1.29 is 0 Å². The van der Waals surface area contributed by atoms with Gasteiger partial charge >= 0.3 is 0 Å². The fourth-order valence-corrected chi connectivity index (χ4v) is 3.16. The molecule has 2 heterocycles. The average molecular weight is 264 g/mol. The monoisotopic (exact) mass is 264 g/mol. The van der Waals surface area contributed by atoms with E-state index in [-0.39, 0.29) is 0 Å². The van der Waals surface area contributed by atoms with Crippen molar-refractivity contribution in [2.24, 2.45) is 0 Å². The predicted octanol–water partition coefficient (Wildman–Crippen LogP) is 2.60. The van der Waals surface area contributed by atoms with E-state index in [1.807, 2.05) is 28.8 Å². The molecule has 0 saturated heterocycles. The maximum absolute atomic E-state index is 4.24. The molecule has 0 radical (unpaired) electrons. The lowest BCUT2D eigenvalue weighted by atomic mass is 10.2. The number of rotatable bonds is 6. The van der Waals surface area contributed by atoms with Gasteiger partial charge in [-0.25, -0.2) is 0 Å². The molecule has 0 amide bonds. The zero-order chi connectivity index (χ0) is 13.0. The number of nitrogens with one attached hydrogen (secondary N) is 1. The highest BCUT2D eigenvalue weighted by atomic mass is 32.2. The first-order valence-electron chi connectivity index (χ1n) is 6.40. The molecule has 0 aliphatic carbocycles. The van der Waals surface area contributed by atoms with Gasteiger partial charge in [-0.3, -0.25) is 4.40 Å². The van der Waals surface area contributed by atoms with Crippen molar-refractivity contribution in [1.29, 1.82) is 0 Å². The van der Waals surface area contributed by atoms with Crippen LogP contribution in [0, 0.1) is 0 Å². The summed E-state index contributed by atoms with van der Waals surface area (Å²) in [6.07, 6.45) is 3.14. The lowest BCUT2D eigenvalue weighted by Gasteiger charge is -2.16. The molecule has 2 atom stereocenters. The summed E-state index contributed by atoms with van der Waals surface area (Å²) in [6.45, 7) is 7.62. The average Bonchev–Trinajstić information content (AvgIpc) is 2.73. The minimum atomic E-state index is 0.520. The Morgan fingerprint density at radius 3 is 2.94 bits per heavy atom. The molecule has 4 nitrogen and oxygen atoms in total. The van der Waals surface area contributed by atoms with Crippen LogP contribution in [-0.4, -0.2) is 32.4 Å². The van der Waals surface area contributed by atoms with Crippen LogP contribution in [0.2, 0.25) is 0 Å². The van der Waals surface area contributed by atoms with Gasteiger partial charge in [-0.1, -0.05) is 31.7 Å². The molecular formula is C13H20N4S. The summed E-state index contributed by atoms with van der Waals surface area (Å²) in [6, 6.07) is 6.50. The molecule has 1 N–H and O–H groups in total. The minimum Gasteiger partial charge on any atom is -0.314 e. The van der Waals surface area contributed by atoms with Gasteiger partial charge < -0.3 is 5.32 Å². The number of aromatic nitrogens is 3. The zero-order valence-electron chi connectivity index (χ0n) is 11.1. The van der Waals surface area contributed by atoms with E-state index in [0.717, 1.165) is 23.8 Å². The molecule has 0 fully saturated rings. The van der Waals surface area contributed by atoms with Crippen LogP contribution < -0.4 is 5.32 Å². The Balaban J connectivity index is 2.00. The third-order valence-electron chi connectivity index (χ3n) is 2.83. The Bertz CT molecular complexity index is 496. The lowest BCUT2D eigenvalue weighted by molar-refractivity contribution is 0.529. The smallest absolute Gasteiger partial charge is 0.195 e. The largest absolute Gasteiger partial charge is 0.314 e. The quantitative estimate of drug-likeness (QED) is 0.814. The maximum Gasteiger partial charge on any atom is 0.195 e. The van der Waals surface area contributed by atoms with Gasteiger partial charge in [-0.2, -0.15) is 0 Å². The van der Waals surface area contributed by atoms with Crippen molar-refractivity contribution in [2.75, 3.05) is 6.54 Å². The van der Waals surface area contributed by atoms with E-state index in [1.165, 1.54) is 0 Å². The van der Waals surface area contributed by atoms with Crippen LogP contribution in [-0.2, 0) is 0 Å². The van der Waals surface area contributed by atoms with E-state index in [9.17, 15) is 0 Å². The van der Waals surface area contributed by atoms with E-state index >= 15 is 0 Å². The first kappa shape index (κ1) is 13.4. The molecular weight excluding hydrogens is 244 g/mol. The second-order valence-corrected chi connectivity index (χ2v) is 5.94. The van der Waals surface area contributed by atoms with Crippen molar-refractivity contribution in [1.82, 2.24) is 19.9 Å². The van der Waals surface area contributed by atoms with Crippen LogP contribution in [0.5, 0.6) is 0 Å². The first-order valence-corrected chi connectivity index (χ1v) is 7.28. The summed E-state index contributed by atoms with van der Waals surface area (Å²) in [7, 11) is 0. The molecule has 18 heavy (non-hydrogen) atoms. The Hall–Kier alpha value is -1.07. The SMILES string of the molecule is CCNC(C)CC(C)Sc1nnc2ccccn12. The minimum absolute atomic E-state index is 0.520. The number of nitrogens with zero attached hydrogens (tertiary/aromatic N) is 3. The van der Waals surface area contributed by atoms with Gasteiger partial charge in [-0.15, -0.1) is 10.2 Å². The molecule has 5 heteroatoms. The highest BCUT2D eigenvalue weighted by molar-refractivity contribution is 7.99. The maximum atomic E-state index is 4.24. The molecule has 2 aromatic heterocycles. The molecule has 0 aliphatic rings. The number of hydrogen-bond donors (Lipinski definition) is 1. The van der Waals surface area contributed by atoms with Crippen LogP contribution in [0.25, 0.3) is 5.65 Å². The highest BCUT2D eigenvalue weighted by Crippen LogP contribution is 2.24. The van der Waals surface area contributed by atoms with E-state index < -0.39 is 0 Å². The van der Waals surface area contributed by atoms with Crippen molar-refractivity contribution in [2.45, 2.75) is 43.6 Å².